The van der Waals surface area contributed by atoms with Crippen molar-refractivity contribution < 1.29 is 4.42 Å². The Morgan fingerprint density at radius 1 is 0.871 bits per heavy atom. The van der Waals surface area contributed by atoms with Crippen molar-refractivity contribution in [3.05, 3.63) is 89.6 Å². The van der Waals surface area contributed by atoms with Gasteiger partial charge in [0.1, 0.15) is 11.3 Å². The van der Waals surface area contributed by atoms with Crippen molar-refractivity contribution >= 4 is 21.7 Å². The van der Waals surface area contributed by atoms with Crippen LogP contribution in [0.2, 0.25) is 0 Å². The minimum absolute atomic E-state index is 0.122. The summed E-state index contributed by atoms with van der Waals surface area (Å²) >= 11 is 0. The zero-order chi connectivity index (χ0) is 21.3. The number of nitrogens with zero attached hydrogens (tertiary/aromatic N) is 1. The van der Waals surface area contributed by atoms with E-state index in [2.05, 4.69) is 88.4 Å². The fourth-order valence-corrected chi connectivity index (χ4v) is 5.26. The molecule has 0 saturated heterocycles. The lowest BCUT2D eigenvalue weighted by Crippen LogP contribution is -2.14. The lowest BCUT2D eigenvalue weighted by Gasteiger charge is -2.21. The van der Waals surface area contributed by atoms with Crippen LogP contribution in [-0.4, -0.2) is 4.98 Å². The molecule has 2 aromatic heterocycles. The maximum Gasteiger partial charge on any atom is 0.140 e. The quantitative estimate of drug-likeness (QED) is 0.298. The molecule has 0 radical (unpaired) electrons. The molecule has 0 spiro atoms. The van der Waals surface area contributed by atoms with Gasteiger partial charge in [0, 0.05) is 39.1 Å². The highest BCUT2D eigenvalue weighted by molar-refractivity contribution is 6.03. The number of hydrogen-bond donors (Lipinski definition) is 0. The normalized spacial score (nSPS) is 14.4. The molecule has 2 heteroatoms. The standard InChI is InChI=1S/C29H25NO/c1-17(2)18-12-13-20-19(16-18)14-15-30-27(20)22-9-7-10-23-25(22)28-26(29(23,3)4)21-8-5-6-11-24(21)31-28/h5-17H,1-4H3. The van der Waals surface area contributed by atoms with E-state index in [0.29, 0.717) is 5.92 Å². The Bertz CT molecular complexity index is 1490. The average Bonchev–Trinajstić information content (AvgIpc) is 3.27. The number of aromatic nitrogens is 1. The minimum Gasteiger partial charge on any atom is -0.456 e. The second-order valence-corrected chi connectivity index (χ2v) is 9.45. The number of pyridine rings is 1. The molecule has 0 bridgehead atoms. The van der Waals surface area contributed by atoms with Gasteiger partial charge in [0.25, 0.3) is 0 Å². The molecule has 6 rings (SSSR count). The van der Waals surface area contributed by atoms with Crippen LogP contribution in [0, 0.1) is 0 Å². The predicted molar refractivity (Wildman–Crippen MR) is 129 cm³/mol. The van der Waals surface area contributed by atoms with Gasteiger partial charge in [-0.1, -0.05) is 82.3 Å². The third kappa shape index (κ3) is 2.48. The molecule has 31 heavy (non-hydrogen) atoms. The van der Waals surface area contributed by atoms with E-state index in [1.165, 1.54) is 38.4 Å². The number of furan rings is 1. The summed E-state index contributed by atoms with van der Waals surface area (Å²) < 4.78 is 6.47. The summed E-state index contributed by atoms with van der Waals surface area (Å²) in [6.45, 7) is 9.07. The highest BCUT2D eigenvalue weighted by Crippen LogP contribution is 2.55. The predicted octanol–water partition coefficient (Wildman–Crippen LogP) is 8.08. The minimum atomic E-state index is -0.122. The molecule has 0 unspecified atom stereocenters. The van der Waals surface area contributed by atoms with Crippen LogP contribution in [0.4, 0.5) is 0 Å². The molecule has 2 heterocycles. The molecule has 1 aliphatic rings. The van der Waals surface area contributed by atoms with Gasteiger partial charge >= 0.3 is 0 Å². The summed E-state index contributed by atoms with van der Waals surface area (Å²) in [5.41, 5.74) is 8.13. The van der Waals surface area contributed by atoms with E-state index in [0.717, 1.165) is 22.6 Å². The summed E-state index contributed by atoms with van der Waals surface area (Å²) in [6.07, 6.45) is 1.93. The fourth-order valence-electron chi connectivity index (χ4n) is 5.26. The molecule has 0 atom stereocenters. The molecule has 2 nitrogen and oxygen atoms in total. The van der Waals surface area contributed by atoms with Gasteiger partial charge in [0.05, 0.1) is 5.69 Å². The Morgan fingerprint density at radius 3 is 2.55 bits per heavy atom. The number of hydrogen-bond acceptors (Lipinski definition) is 2. The first-order chi connectivity index (χ1) is 15.0. The lowest BCUT2D eigenvalue weighted by molar-refractivity contribution is 0.619. The average molecular weight is 404 g/mol. The van der Waals surface area contributed by atoms with Gasteiger partial charge in [-0.05, 0) is 34.6 Å². The van der Waals surface area contributed by atoms with Crippen LogP contribution in [0.25, 0.3) is 44.3 Å². The van der Waals surface area contributed by atoms with E-state index >= 15 is 0 Å². The molecule has 0 N–H and O–H groups in total. The molecule has 0 aliphatic heterocycles. The SMILES string of the molecule is CC(C)c1ccc2c(-c3cccc4c3-c3oc5ccccc5c3C4(C)C)nccc2c1. The number of benzene rings is 3. The summed E-state index contributed by atoms with van der Waals surface area (Å²) in [5.74, 6) is 1.50. The molecule has 5 aromatic rings. The second-order valence-electron chi connectivity index (χ2n) is 9.45. The van der Waals surface area contributed by atoms with Crippen LogP contribution in [0.5, 0.6) is 0 Å². The van der Waals surface area contributed by atoms with Crippen molar-refractivity contribution in [2.75, 3.05) is 0 Å². The van der Waals surface area contributed by atoms with Crippen molar-refractivity contribution in [2.45, 2.75) is 39.0 Å². The Hall–Kier alpha value is -3.39. The van der Waals surface area contributed by atoms with Gasteiger partial charge in [-0.25, -0.2) is 0 Å². The number of para-hydroxylation sites is 1. The van der Waals surface area contributed by atoms with Gasteiger partial charge in [0.15, 0.2) is 0 Å². The third-order valence-electron chi connectivity index (χ3n) is 6.90. The molecule has 0 fully saturated rings. The van der Waals surface area contributed by atoms with E-state index in [4.69, 9.17) is 9.40 Å². The van der Waals surface area contributed by atoms with E-state index in [1.54, 1.807) is 0 Å². The molecule has 152 valence electrons. The first-order valence-corrected chi connectivity index (χ1v) is 11.0. The smallest absolute Gasteiger partial charge is 0.140 e. The van der Waals surface area contributed by atoms with Gasteiger partial charge in [-0.2, -0.15) is 0 Å². The van der Waals surface area contributed by atoms with E-state index in [-0.39, 0.29) is 5.41 Å². The van der Waals surface area contributed by atoms with Crippen LogP contribution >= 0.6 is 0 Å². The Morgan fingerprint density at radius 2 is 1.71 bits per heavy atom. The monoisotopic (exact) mass is 403 g/mol. The van der Waals surface area contributed by atoms with Crippen molar-refractivity contribution in [1.29, 1.82) is 0 Å². The Kier molecular flexibility index (Phi) is 3.74. The summed E-state index contributed by atoms with van der Waals surface area (Å²) in [7, 11) is 0. The van der Waals surface area contributed by atoms with Gasteiger partial charge in [-0.15, -0.1) is 0 Å². The van der Waals surface area contributed by atoms with Crippen LogP contribution < -0.4 is 0 Å². The van der Waals surface area contributed by atoms with Crippen molar-refractivity contribution in [2.24, 2.45) is 0 Å². The van der Waals surface area contributed by atoms with Crippen molar-refractivity contribution in [3.8, 4) is 22.6 Å². The van der Waals surface area contributed by atoms with Crippen LogP contribution in [0.3, 0.4) is 0 Å². The third-order valence-corrected chi connectivity index (χ3v) is 6.90. The van der Waals surface area contributed by atoms with Crippen LogP contribution in [0.1, 0.15) is 50.3 Å². The van der Waals surface area contributed by atoms with Crippen molar-refractivity contribution in [3.63, 3.8) is 0 Å². The molecule has 0 saturated carbocycles. The maximum absolute atomic E-state index is 6.47. The Balaban J connectivity index is 1.67. The maximum atomic E-state index is 6.47. The highest BCUT2D eigenvalue weighted by atomic mass is 16.3. The summed E-state index contributed by atoms with van der Waals surface area (Å²) in [6, 6.07) is 23.8. The second kappa shape index (κ2) is 6.31. The summed E-state index contributed by atoms with van der Waals surface area (Å²) in [5, 5.41) is 3.62. The van der Waals surface area contributed by atoms with Gasteiger partial charge in [0.2, 0.25) is 0 Å². The lowest BCUT2D eigenvalue weighted by atomic mass is 9.81. The van der Waals surface area contributed by atoms with E-state index < -0.39 is 0 Å². The summed E-state index contributed by atoms with van der Waals surface area (Å²) in [4.78, 5) is 4.86. The molecular formula is C29H25NO. The van der Waals surface area contributed by atoms with Crippen molar-refractivity contribution in [1.82, 2.24) is 4.98 Å². The topological polar surface area (TPSA) is 26.0 Å². The highest BCUT2D eigenvalue weighted by Gasteiger charge is 2.41. The fraction of sp³-hybridized carbons (Fsp3) is 0.207. The Labute approximate surface area is 182 Å². The molecule has 0 amide bonds. The molecule has 3 aromatic carbocycles. The first-order valence-electron chi connectivity index (χ1n) is 11.0. The molecule has 1 aliphatic carbocycles. The largest absolute Gasteiger partial charge is 0.456 e. The number of fused-ring (bicyclic) bond motifs is 6. The molecular weight excluding hydrogens is 378 g/mol. The number of rotatable bonds is 2. The van der Waals surface area contributed by atoms with E-state index in [1.807, 2.05) is 12.3 Å². The van der Waals surface area contributed by atoms with Gasteiger partial charge in [-0.3, -0.25) is 4.98 Å². The van der Waals surface area contributed by atoms with Crippen LogP contribution in [0.15, 0.2) is 77.3 Å². The van der Waals surface area contributed by atoms with E-state index in [9.17, 15) is 0 Å². The zero-order valence-electron chi connectivity index (χ0n) is 18.4. The van der Waals surface area contributed by atoms with Gasteiger partial charge < -0.3 is 4.42 Å². The first kappa shape index (κ1) is 18.4. The van der Waals surface area contributed by atoms with Crippen LogP contribution in [-0.2, 0) is 5.41 Å². The zero-order valence-corrected chi connectivity index (χ0v) is 18.4.